The van der Waals surface area contributed by atoms with Crippen LogP contribution in [0.2, 0.25) is 5.02 Å². The predicted molar refractivity (Wildman–Crippen MR) is 105 cm³/mol. The number of hydrogen-bond donors (Lipinski definition) is 1. The number of halogens is 1. The third-order valence-corrected chi connectivity index (χ3v) is 4.44. The molecule has 0 fully saturated rings. The fraction of sp³-hybridized carbons (Fsp3) is 0.333. The molecule has 0 saturated carbocycles. The summed E-state index contributed by atoms with van der Waals surface area (Å²) in [7, 11) is 0. The Labute approximate surface area is 160 Å². The highest BCUT2D eigenvalue weighted by atomic mass is 35.5. The first-order chi connectivity index (χ1) is 12.5. The number of rotatable bonds is 8. The predicted octanol–water partition coefficient (Wildman–Crippen LogP) is 3.83. The van der Waals surface area contributed by atoms with Crippen molar-refractivity contribution in [2.45, 2.75) is 39.3 Å². The molecule has 1 N–H and O–H groups in total. The minimum Gasteiger partial charge on any atom is -0.355 e. The number of amides is 2. The van der Waals surface area contributed by atoms with Crippen LogP contribution >= 0.6 is 11.6 Å². The molecule has 0 aliphatic carbocycles. The molecule has 0 radical (unpaired) electrons. The molecule has 2 aromatic carbocycles. The summed E-state index contributed by atoms with van der Waals surface area (Å²) in [4.78, 5) is 27.0. The minimum atomic E-state index is -0.555. The molecule has 0 spiro atoms. The molecule has 4 nitrogen and oxygen atoms in total. The summed E-state index contributed by atoms with van der Waals surface area (Å²) in [5, 5.41) is 3.51. The summed E-state index contributed by atoms with van der Waals surface area (Å²) in [5.41, 5.74) is 1.97. The van der Waals surface area contributed by atoms with Crippen LogP contribution in [0, 0.1) is 0 Å². The van der Waals surface area contributed by atoms with Gasteiger partial charge in [-0.3, -0.25) is 9.59 Å². The lowest BCUT2D eigenvalue weighted by atomic mass is 10.0. The van der Waals surface area contributed by atoms with Crippen molar-refractivity contribution < 1.29 is 9.59 Å². The monoisotopic (exact) mass is 372 g/mol. The number of benzene rings is 2. The lowest BCUT2D eigenvalue weighted by Crippen LogP contribution is -2.50. The second-order valence-electron chi connectivity index (χ2n) is 6.10. The molecule has 138 valence electrons. The van der Waals surface area contributed by atoms with Gasteiger partial charge in [0.1, 0.15) is 6.04 Å². The molecular formula is C21H25ClN2O2. The number of likely N-dealkylation sites (N-methyl/N-ethyl adjacent to an activating group) is 1. The van der Waals surface area contributed by atoms with E-state index in [9.17, 15) is 9.59 Å². The standard InChI is InChI=1S/C21H25ClN2O2/c1-3-20(25)24(15-17-10-12-18(22)13-11-17)19(21(26)23-4-2)14-16-8-6-5-7-9-16/h5-13,19H,3-4,14-15H2,1-2H3,(H,23,26)/t19-/m0/s1. The first-order valence-electron chi connectivity index (χ1n) is 8.90. The Morgan fingerprint density at radius 3 is 2.23 bits per heavy atom. The van der Waals surface area contributed by atoms with Gasteiger partial charge in [-0.1, -0.05) is 61.0 Å². The summed E-state index contributed by atoms with van der Waals surface area (Å²) in [6, 6.07) is 16.6. The highest BCUT2D eigenvalue weighted by Crippen LogP contribution is 2.17. The van der Waals surface area contributed by atoms with Crippen molar-refractivity contribution >= 4 is 23.4 Å². The van der Waals surface area contributed by atoms with Gasteiger partial charge in [0.05, 0.1) is 0 Å². The molecule has 0 heterocycles. The van der Waals surface area contributed by atoms with Crippen LogP contribution in [0.3, 0.4) is 0 Å². The summed E-state index contributed by atoms with van der Waals surface area (Å²) < 4.78 is 0. The van der Waals surface area contributed by atoms with E-state index in [0.29, 0.717) is 31.0 Å². The normalized spacial score (nSPS) is 11.7. The fourth-order valence-electron chi connectivity index (χ4n) is 2.84. The number of nitrogens with one attached hydrogen (secondary N) is 1. The van der Waals surface area contributed by atoms with Gasteiger partial charge < -0.3 is 10.2 Å². The molecule has 1 atom stereocenters. The van der Waals surface area contributed by atoms with Crippen molar-refractivity contribution in [2.24, 2.45) is 0 Å². The van der Waals surface area contributed by atoms with Gasteiger partial charge in [0.15, 0.2) is 0 Å². The van der Waals surface area contributed by atoms with Gasteiger partial charge in [-0.2, -0.15) is 0 Å². The Hall–Kier alpha value is -2.33. The zero-order valence-electron chi connectivity index (χ0n) is 15.2. The van der Waals surface area contributed by atoms with Crippen molar-refractivity contribution in [1.29, 1.82) is 0 Å². The van der Waals surface area contributed by atoms with Crippen LogP contribution in [0.5, 0.6) is 0 Å². The number of hydrogen-bond acceptors (Lipinski definition) is 2. The lowest BCUT2D eigenvalue weighted by Gasteiger charge is -2.31. The van der Waals surface area contributed by atoms with Crippen molar-refractivity contribution in [1.82, 2.24) is 10.2 Å². The molecule has 2 aromatic rings. The van der Waals surface area contributed by atoms with Gasteiger partial charge in [0.2, 0.25) is 11.8 Å². The molecule has 2 rings (SSSR count). The van der Waals surface area contributed by atoms with Crippen LogP contribution in [-0.4, -0.2) is 29.3 Å². The first kappa shape index (κ1) is 20.0. The molecule has 0 aromatic heterocycles. The van der Waals surface area contributed by atoms with Crippen LogP contribution in [0.25, 0.3) is 0 Å². The van der Waals surface area contributed by atoms with Gasteiger partial charge in [-0.25, -0.2) is 0 Å². The highest BCUT2D eigenvalue weighted by molar-refractivity contribution is 6.30. The van der Waals surface area contributed by atoms with E-state index in [-0.39, 0.29) is 11.8 Å². The maximum atomic E-state index is 12.7. The Morgan fingerprint density at radius 1 is 1.00 bits per heavy atom. The van der Waals surface area contributed by atoms with Crippen molar-refractivity contribution in [3.05, 3.63) is 70.7 Å². The minimum absolute atomic E-state index is 0.0489. The van der Waals surface area contributed by atoms with E-state index in [1.165, 1.54) is 0 Å². The van der Waals surface area contributed by atoms with E-state index >= 15 is 0 Å². The second kappa shape index (κ2) is 9.97. The molecule has 2 amide bonds. The Bertz CT molecular complexity index is 717. The first-order valence-corrected chi connectivity index (χ1v) is 9.28. The molecule has 26 heavy (non-hydrogen) atoms. The zero-order valence-corrected chi connectivity index (χ0v) is 16.0. The molecule has 0 saturated heterocycles. The van der Waals surface area contributed by atoms with Gasteiger partial charge in [0.25, 0.3) is 0 Å². The molecule has 0 bridgehead atoms. The van der Waals surface area contributed by atoms with E-state index in [0.717, 1.165) is 11.1 Å². The summed E-state index contributed by atoms with van der Waals surface area (Å²) in [6.45, 7) is 4.59. The topological polar surface area (TPSA) is 49.4 Å². The van der Waals surface area contributed by atoms with Crippen molar-refractivity contribution in [3.63, 3.8) is 0 Å². The number of nitrogens with zero attached hydrogens (tertiary/aromatic N) is 1. The quantitative estimate of drug-likeness (QED) is 0.765. The smallest absolute Gasteiger partial charge is 0.243 e. The van der Waals surface area contributed by atoms with Crippen molar-refractivity contribution in [2.75, 3.05) is 6.54 Å². The molecule has 0 aliphatic heterocycles. The summed E-state index contributed by atoms with van der Waals surface area (Å²) in [6.07, 6.45) is 0.824. The SMILES string of the molecule is CCNC(=O)[C@H](Cc1ccccc1)N(Cc1ccc(Cl)cc1)C(=O)CC. The molecule has 5 heteroatoms. The highest BCUT2D eigenvalue weighted by Gasteiger charge is 2.29. The lowest BCUT2D eigenvalue weighted by molar-refractivity contribution is -0.141. The van der Waals surface area contributed by atoms with Crippen LogP contribution < -0.4 is 5.32 Å². The van der Waals surface area contributed by atoms with E-state index in [2.05, 4.69) is 5.32 Å². The third kappa shape index (κ3) is 5.60. The fourth-order valence-corrected chi connectivity index (χ4v) is 2.96. The average molecular weight is 373 g/mol. The second-order valence-corrected chi connectivity index (χ2v) is 6.54. The summed E-state index contributed by atoms with van der Waals surface area (Å²) in [5.74, 6) is -0.181. The van der Waals surface area contributed by atoms with Gasteiger partial charge in [-0.15, -0.1) is 0 Å². The van der Waals surface area contributed by atoms with Crippen molar-refractivity contribution in [3.8, 4) is 0 Å². The molecule has 0 aliphatic rings. The largest absolute Gasteiger partial charge is 0.355 e. The van der Waals surface area contributed by atoms with E-state index in [1.54, 1.807) is 17.0 Å². The molecular weight excluding hydrogens is 348 g/mol. The van der Waals surface area contributed by atoms with Crippen LogP contribution in [0.15, 0.2) is 54.6 Å². The Balaban J connectivity index is 2.31. The van der Waals surface area contributed by atoms with E-state index in [4.69, 9.17) is 11.6 Å². The van der Waals surface area contributed by atoms with Gasteiger partial charge in [-0.05, 0) is 30.2 Å². The van der Waals surface area contributed by atoms with E-state index in [1.807, 2.05) is 56.3 Å². The third-order valence-electron chi connectivity index (χ3n) is 4.19. The number of carbonyl (C=O) groups is 2. The molecule has 0 unspecified atom stereocenters. The zero-order chi connectivity index (χ0) is 18.9. The van der Waals surface area contributed by atoms with Crippen LogP contribution in [-0.2, 0) is 22.6 Å². The van der Waals surface area contributed by atoms with Crippen LogP contribution in [0.4, 0.5) is 0 Å². The van der Waals surface area contributed by atoms with E-state index < -0.39 is 6.04 Å². The maximum Gasteiger partial charge on any atom is 0.243 e. The number of carbonyl (C=O) groups excluding carboxylic acids is 2. The van der Waals surface area contributed by atoms with Gasteiger partial charge >= 0.3 is 0 Å². The average Bonchev–Trinajstić information content (AvgIpc) is 2.66. The summed E-state index contributed by atoms with van der Waals surface area (Å²) >= 11 is 5.95. The Kier molecular flexibility index (Phi) is 7.67. The van der Waals surface area contributed by atoms with Gasteiger partial charge in [0, 0.05) is 31.0 Å². The van der Waals surface area contributed by atoms with Crippen LogP contribution in [0.1, 0.15) is 31.4 Å². The maximum absolute atomic E-state index is 12.7. The Morgan fingerprint density at radius 2 is 1.65 bits per heavy atom.